The molecule has 184 valence electrons. The number of aliphatic hydroxyl groups is 1. The van der Waals surface area contributed by atoms with Gasteiger partial charge in [0, 0.05) is 17.2 Å². The third-order valence-electron chi connectivity index (χ3n) is 5.24. The Balaban J connectivity index is 1.74. The second kappa shape index (κ2) is 11.8. The van der Waals surface area contributed by atoms with Crippen molar-refractivity contribution in [2.24, 2.45) is 5.41 Å². The van der Waals surface area contributed by atoms with Crippen molar-refractivity contribution >= 4 is 30.4 Å². The van der Waals surface area contributed by atoms with Crippen LogP contribution in [0.2, 0.25) is 0 Å². The van der Waals surface area contributed by atoms with Gasteiger partial charge in [0.15, 0.2) is 11.5 Å². The molecule has 2 aromatic rings. The van der Waals surface area contributed by atoms with Crippen LogP contribution in [-0.2, 0) is 14.3 Å². The number of rotatable bonds is 11. The van der Waals surface area contributed by atoms with Crippen LogP contribution in [0, 0.1) is 5.41 Å². The molecule has 0 aromatic heterocycles. The van der Waals surface area contributed by atoms with Crippen LogP contribution in [0.4, 0.5) is 10.5 Å². The average Bonchev–Trinajstić information content (AvgIpc) is 3.29. The number of nitrogens with one attached hydrogen (secondary N) is 1. The predicted octanol–water partition coefficient (Wildman–Crippen LogP) is 3.97. The lowest BCUT2D eigenvalue weighted by atomic mass is 9.80. The Labute approximate surface area is 203 Å². The van der Waals surface area contributed by atoms with Crippen LogP contribution < -0.4 is 19.5 Å². The zero-order valence-corrected chi connectivity index (χ0v) is 20.0. The number of carbonyl (C=O) groups excluding carboxylic acids is 2. The molecule has 10 heteroatoms. The summed E-state index contributed by atoms with van der Waals surface area (Å²) >= 11 is 3.91. The van der Waals surface area contributed by atoms with Crippen LogP contribution in [0.5, 0.6) is 17.2 Å². The molecule has 0 unspecified atom stereocenters. The second-order valence-electron chi connectivity index (χ2n) is 8.24. The molecule has 0 fully saturated rings. The summed E-state index contributed by atoms with van der Waals surface area (Å²) in [6.07, 6.45) is -0.870. The molecule has 0 bridgehead atoms. The maximum atomic E-state index is 12.8. The van der Waals surface area contributed by atoms with Crippen molar-refractivity contribution in [3.8, 4) is 17.2 Å². The lowest BCUT2D eigenvalue weighted by Crippen LogP contribution is -2.30. The standard InChI is InChI=1S/C24H29NO8S/c1-24(2,9-11-30-21(27)14-34)22(16-3-6-18(7-4-16)29-12-10-26)33-23(28)25-17-5-8-19-20(13-17)32-15-31-19/h3-8,13,22,26,34H,9-12,14-15H2,1-2H3,(H,25,28)/t22-/m0/s1. The summed E-state index contributed by atoms with van der Waals surface area (Å²) in [5.41, 5.74) is 0.653. The molecule has 0 aliphatic carbocycles. The molecule has 0 spiro atoms. The molecular formula is C24H29NO8S. The van der Waals surface area contributed by atoms with E-state index in [9.17, 15) is 9.59 Å². The maximum Gasteiger partial charge on any atom is 0.412 e. The molecule has 1 aliphatic rings. The number of amides is 1. The SMILES string of the molecule is CC(C)(CCOC(=O)CS)[C@@H](OC(=O)Nc1ccc2c(c1)OCO2)c1ccc(OCCO)cc1. The van der Waals surface area contributed by atoms with E-state index in [1.54, 1.807) is 42.5 Å². The van der Waals surface area contributed by atoms with Gasteiger partial charge in [0.25, 0.3) is 0 Å². The van der Waals surface area contributed by atoms with E-state index in [0.717, 1.165) is 5.56 Å². The summed E-state index contributed by atoms with van der Waals surface area (Å²) < 4.78 is 27.1. The van der Waals surface area contributed by atoms with Crippen molar-refractivity contribution in [2.45, 2.75) is 26.4 Å². The van der Waals surface area contributed by atoms with Gasteiger partial charge in [0.1, 0.15) is 18.5 Å². The fraction of sp³-hybridized carbons (Fsp3) is 0.417. The van der Waals surface area contributed by atoms with Crippen molar-refractivity contribution in [3.63, 3.8) is 0 Å². The van der Waals surface area contributed by atoms with Gasteiger partial charge >= 0.3 is 12.1 Å². The summed E-state index contributed by atoms with van der Waals surface area (Å²) in [5, 5.41) is 11.7. The number of benzene rings is 2. The lowest BCUT2D eigenvalue weighted by Gasteiger charge is -2.34. The van der Waals surface area contributed by atoms with Gasteiger partial charge < -0.3 is 28.8 Å². The first kappa shape index (κ1) is 25.5. The molecule has 2 aromatic carbocycles. The zero-order valence-electron chi connectivity index (χ0n) is 19.1. The highest BCUT2D eigenvalue weighted by molar-refractivity contribution is 7.81. The van der Waals surface area contributed by atoms with Crippen molar-refractivity contribution in [3.05, 3.63) is 48.0 Å². The van der Waals surface area contributed by atoms with Gasteiger partial charge in [0.05, 0.1) is 19.0 Å². The molecule has 1 amide bonds. The zero-order chi connectivity index (χ0) is 24.6. The van der Waals surface area contributed by atoms with Crippen LogP contribution in [0.1, 0.15) is 31.9 Å². The van der Waals surface area contributed by atoms with Gasteiger partial charge in [-0.15, -0.1) is 0 Å². The molecule has 9 nitrogen and oxygen atoms in total. The molecule has 1 aliphatic heterocycles. The van der Waals surface area contributed by atoms with Crippen LogP contribution in [-0.4, -0.2) is 49.5 Å². The quantitative estimate of drug-likeness (QED) is 0.320. The number of esters is 1. The molecule has 0 saturated heterocycles. The van der Waals surface area contributed by atoms with E-state index in [0.29, 0.717) is 29.4 Å². The van der Waals surface area contributed by atoms with E-state index < -0.39 is 23.6 Å². The fourth-order valence-corrected chi connectivity index (χ4v) is 3.51. The third-order valence-corrected chi connectivity index (χ3v) is 5.49. The van der Waals surface area contributed by atoms with Crippen molar-refractivity contribution < 1.29 is 38.4 Å². The first-order valence-electron chi connectivity index (χ1n) is 10.8. The van der Waals surface area contributed by atoms with Gasteiger partial charge in [-0.05, 0) is 36.2 Å². The summed E-state index contributed by atoms with van der Waals surface area (Å²) in [4.78, 5) is 24.3. The Bertz CT molecular complexity index is 979. The van der Waals surface area contributed by atoms with Crippen LogP contribution in [0.25, 0.3) is 0 Å². The minimum Gasteiger partial charge on any atom is -0.491 e. The Morgan fingerprint density at radius 2 is 1.85 bits per heavy atom. The van der Waals surface area contributed by atoms with Crippen molar-refractivity contribution in [1.82, 2.24) is 0 Å². The first-order chi connectivity index (χ1) is 16.3. The fourth-order valence-electron chi connectivity index (χ4n) is 3.41. The van der Waals surface area contributed by atoms with Gasteiger partial charge in [-0.2, -0.15) is 12.6 Å². The summed E-state index contributed by atoms with van der Waals surface area (Å²) in [7, 11) is 0. The van der Waals surface area contributed by atoms with Crippen LogP contribution in [0.3, 0.4) is 0 Å². The largest absolute Gasteiger partial charge is 0.491 e. The van der Waals surface area contributed by atoms with Gasteiger partial charge in [-0.3, -0.25) is 10.1 Å². The van der Waals surface area contributed by atoms with E-state index in [1.807, 2.05) is 13.8 Å². The van der Waals surface area contributed by atoms with Gasteiger partial charge in [0.2, 0.25) is 6.79 Å². The molecule has 2 N–H and O–H groups in total. The molecule has 1 atom stereocenters. The Morgan fingerprint density at radius 1 is 1.12 bits per heavy atom. The first-order valence-corrected chi connectivity index (χ1v) is 11.4. The van der Waals surface area contributed by atoms with Crippen LogP contribution in [0.15, 0.2) is 42.5 Å². The van der Waals surface area contributed by atoms with Crippen LogP contribution >= 0.6 is 12.6 Å². The van der Waals surface area contributed by atoms with Gasteiger partial charge in [-0.25, -0.2) is 4.79 Å². The molecule has 1 heterocycles. The van der Waals surface area contributed by atoms with E-state index in [-0.39, 0.29) is 32.4 Å². The predicted molar refractivity (Wildman–Crippen MR) is 128 cm³/mol. The minimum absolute atomic E-state index is 0.00635. The summed E-state index contributed by atoms with van der Waals surface area (Å²) in [5.74, 6) is 1.31. The van der Waals surface area contributed by atoms with Crippen molar-refractivity contribution in [1.29, 1.82) is 0 Å². The number of ether oxygens (including phenoxy) is 5. The number of carbonyl (C=O) groups is 2. The molecule has 0 saturated carbocycles. The number of hydrogen-bond donors (Lipinski definition) is 3. The number of thiol groups is 1. The Morgan fingerprint density at radius 3 is 2.56 bits per heavy atom. The maximum absolute atomic E-state index is 12.8. The number of fused-ring (bicyclic) bond motifs is 1. The Hall–Kier alpha value is -3.11. The highest BCUT2D eigenvalue weighted by atomic mass is 32.1. The Kier molecular flexibility index (Phi) is 8.89. The highest BCUT2D eigenvalue weighted by Gasteiger charge is 2.34. The second-order valence-corrected chi connectivity index (χ2v) is 8.55. The van der Waals surface area contributed by atoms with E-state index >= 15 is 0 Å². The third kappa shape index (κ3) is 6.94. The summed E-state index contributed by atoms with van der Waals surface area (Å²) in [6, 6.07) is 12.1. The molecule has 0 radical (unpaired) electrons. The number of aliphatic hydroxyl groups excluding tert-OH is 1. The molecular weight excluding hydrogens is 462 g/mol. The van der Waals surface area contributed by atoms with E-state index in [1.165, 1.54) is 0 Å². The average molecular weight is 492 g/mol. The summed E-state index contributed by atoms with van der Waals surface area (Å²) in [6.45, 7) is 4.24. The lowest BCUT2D eigenvalue weighted by molar-refractivity contribution is -0.141. The van der Waals surface area contributed by atoms with E-state index in [4.69, 9.17) is 28.8 Å². The number of anilines is 1. The monoisotopic (exact) mass is 491 g/mol. The molecule has 3 rings (SSSR count). The molecule has 34 heavy (non-hydrogen) atoms. The number of hydrogen-bond acceptors (Lipinski definition) is 9. The highest BCUT2D eigenvalue weighted by Crippen LogP contribution is 2.40. The minimum atomic E-state index is -0.664. The van der Waals surface area contributed by atoms with Crippen molar-refractivity contribution in [2.75, 3.05) is 37.7 Å². The topological polar surface area (TPSA) is 113 Å². The smallest absolute Gasteiger partial charge is 0.412 e. The van der Waals surface area contributed by atoms with Gasteiger partial charge in [-0.1, -0.05) is 26.0 Å². The van der Waals surface area contributed by atoms with E-state index in [2.05, 4.69) is 17.9 Å². The normalized spacial score (nSPS) is 13.2.